The van der Waals surface area contributed by atoms with Crippen LogP contribution in [0.5, 0.6) is 11.5 Å². The molecule has 0 spiro atoms. The van der Waals surface area contributed by atoms with E-state index < -0.39 is 12.0 Å². The van der Waals surface area contributed by atoms with Crippen LogP contribution in [0, 0.1) is 0 Å². The molecule has 0 bridgehead atoms. The molecule has 7 heteroatoms. The minimum atomic E-state index is -0.720. The predicted molar refractivity (Wildman–Crippen MR) is 95.2 cm³/mol. The number of aromatic nitrogens is 1. The van der Waals surface area contributed by atoms with Crippen LogP contribution in [-0.2, 0) is 22.6 Å². The number of carbonyl (C=O) groups excluding carboxylic acids is 1. The average Bonchev–Trinajstić information content (AvgIpc) is 2.66. The Morgan fingerprint density at radius 2 is 1.96 bits per heavy atom. The SMILES string of the molecule is CCO[C@@H](Cc1ccc(OCc2cc(OC)ccn2)cc1)C(=O)N(C)O. The topological polar surface area (TPSA) is 81.1 Å². The van der Waals surface area contributed by atoms with Crippen LogP contribution in [0.15, 0.2) is 42.6 Å². The number of hydroxylamine groups is 2. The van der Waals surface area contributed by atoms with Crippen molar-refractivity contribution in [3.63, 3.8) is 0 Å². The Bertz CT molecular complexity index is 703. The Balaban J connectivity index is 1.95. The molecule has 1 N–H and O–H groups in total. The first-order chi connectivity index (χ1) is 12.5. The number of likely N-dealkylation sites (N-methyl/N-ethyl adjacent to an activating group) is 1. The number of rotatable bonds is 9. The molecule has 0 saturated carbocycles. The van der Waals surface area contributed by atoms with E-state index in [1.807, 2.05) is 30.3 Å². The summed E-state index contributed by atoms with van der Waals surface area (Å²) in [6.45, 7) is 2.52. The van der Waals surface area contributed by atoms with Crippen molar-refractivity contribution >= 4 is 5.91 Å². The third kappa shape index (κ3) is 5.72. The van der Waals surface area contributed by atoms with E-state index in [1.54, 1.807) is 26.3 Å². The number of benzene rings is 1. The van der Waals surface area contributed by atoms with Gasteiger partial charge in [-0.05, 0) is 30.7 Å². The van der Waals surface area contributed by atoms with Gasteiger partial charge in [0.1, 0.15) is 24.2 Å². The number of pyridine rings is 1. The van der Waals surface area contributed by atoms with Crippen molar-refractivity contribution < 1.29 is 24.2 Å². The third-order valence-electron chi connectivity index (χ3n) is 3.72. The van der Waals surface area contributed by atoms with Crippen molar-refractivity contribution in [1.29, 1.82) is 0 Å². The molecule has 0 saturated heterocycles. The number of hydrogen-bond donors (Lipinski definition) is 1. The lowest BCUT2D eigenvalue weighted by atomic mass is 10.1. The van der Waals surface area contributed by atoms with Gasteiger partial charge in [-0.3, -0.25) is 15.0 Å². The quantitative estimate of drug-likeness (QED) is 0.546. The van der Waals surface area contributed by atoms with Crippen LogP contribution in [0.4, 0.5) is 0 Å². The lowest BCUT2D eigenvalue weighted by Crippen LogP contribution is -2.37. The molecule has 1 aromatic carbocycles. The molecule has 0 radical (unpaired) electrons. The van der Waals surface area contributed by atoms with Crippen LogP contribution in [0.2, 0.25) is 0 Å². The molecule has 1 aromatic heterocycles. The van der Waals surface area contributed by atoms with E-state index in [-0.39, 0.29) is 0 Å². The number of ether oxygens (including phenoxy) is 3. The number of carbonyl (C=O) groups is 1. The molecule has 7 nitrogen and oxygen atoms in total. The highest BCUT2D eigenvalue weighted by atomic mass is 16.5. The highest BCUT2D eigenvalue weighted by molar-refractivity contribution is 5.79. The van der Waals surface area contributed by atoms with Crippen molar-refractivity contribution in [2.24, 2.45) is 0 Å². The van der Waals surface area contributed by atoms with Crippen molar-refractivity contribution in [2.45, 2.75) is 26.1 Å². The highest BCUT2D eigenvalue weighted by Gasteiger charge is 2.22. The first-order valence-electron chi connectivity index (χ1n) is 8.32. The first-order valence-corrected chi connectivity index (χ1v) is 8.32. The Labute approximate surface area is 153 Å². The Kier molecular flexibility index (Phi) is 7.37. The van der Waals surface area contributed by atoms with Gasteiger partial charge in [0, 0.05) is 32.3 Å². The number of amides is 1. The summed E-state index contributed by atoms with van der Waals surface area (Å²) in [6.07, 6.45) is 1.32. The summed E-state index contributed by atoms with van der Waals surface area (Å²) < 4.78 is 16.3. The van der Waals surface area contributed by atoms with Crippen LogP contribution < -0.4 is 9.47 Å². The van der Waals surface area contributed by atoms with Crippen LogP contribution in [0.1, 0.15) is 18.2 Å². The summed E-state index contributed by atoms with van der Waals surface area (Å²) in [5.74, 6) is 0.947. The van der Waals surface area contributed by atoms with Gasteiger partial charge in [0.2, 0.25) is 0 Å². The van der Waals surface area contributed by atoms with Crippen LogP contribution in [0.25, 0.3) is 0 Å². The summed E-state index contributed by atoms with van der Waals surface area (Å²) >= 11 is 0. The Morgan fingerprint density at radius 1 is 1.23 bits per heavy atom. The minimum Gasteiger partial charge on any atom is -0.497 e. The molecule has 0 aliphatic rings. The molecule has 1 atom stereocenters. The molecule has 0 fully saturated rings. The smallest absolute Gasteiger partial charge is 0.275 e. The molecular weight excluding hydrogens is 336 g/mol. The van der Waals surface area contributed by atoms with Crippen molar-refractivity contribution in [3.8, 4) is 11.5 Å². The molecule has 140 valence electrons. The van der Waals surface area contributed by atoms with Crippen molar-refractivity contribution in [1.82, 2.24) is 10.0 Å². The molecule has 1 amide bonds. The van der Waals surface area contributed by atoms with Gasteiger partial charge in [0.05, 0.1) is 12.8 Å². The Morgan fingerprint density at radius 3 is 2.58 bits per heavy atom. The van der Waals surface area contributed by atoms with E-state index in [4.69, 9.17) is 14.2 Å². The fraction of sp³-hybridized carbons (Fsp3) is 0.368. The molecule has 0 unspecified atom stereocenters. The third-order valence-corrected chi connectivity index (χ3v) is 3.72. The van der Waals surface area contributed by atoms with Crippen LogP contribution in [-0.4, -0.2) is 48.0 Å². The molecule has 0 aliphatic carbocycles. The lowest BCUT2D eigenvalue weighted by Gasteiger charge is -2.19. The maximum Gasteiger partial charge on any atom is 0.275 e. The zero-order valence-corrected chi connectivity index (χ0v) is 15.2. The summed E-state index contributed by atoms with van der Waals surface area (Å²) in [4.78, 5) is 16.2. The normalized spacial score (nSPS) is 11.7. The number of nitrogens with zero attached hydrogens (tertiary/aromatic N) is 2. The first kappa shape index (κ1) is 19.7. The molecule has 1 heterocycles. The van der Waals surface area contributed by atoms with Gasteiger partial charge in [-0.1, -0.05) is 12.1 Å². The zero-order valence-electron chi connectivity index (χ0n) is 15.2. The van der Waals surface area contributed by atoms with Gasteiger partial charge < -0.3 is 14.2 Å². The standard InChI is InChI=1S/C19H24N2O5/c1-4-25-18(19(22)21(2)23)11-14-5-7-16(8-6-14)26-13-15-12-17(24-3)9-10-20-15/h5-10,12,18,23H,4,11,13H2,1-3H3/t18-/m0/s1. The molecular formula is C19H24N2O5. The predicted octanol–water partition coefficient (Wildman–Crippen LogP) is 2.46. The molecule has 2 rings (SSSR count). The summed E-state index contributed by atoms with van der Waals surface area (Å²) in [5, 5.41) is 9.88. The molecule has 26 heavy (non-hydrogen) atoms. The number of methoxy groups -OCH3 is 1. The van der Waals surface area contributed by atoms with E-state index >= 15 is 0 Å². The highest BCUT2D eigenvalue weighted by Crippen LogP contribution is 2.17. The second kappa shape index (κ2) is 9.74. The Hall–Kier alpha value is -2.64. The van der Waals surface area contributed by atoms with E-state index in [0.717, 1.165) is 17.0 Å². The largest absolute Gasteiger partial charge is 0.497 e. The van der Waals surface area contributed by atoms with Gasteiger partial charge in [0.15, 0.2) is 0 Å². The number of hydrogen-bond acceptors (Lipinski definition) is 6. The lowest BCUT2D eigenvalue weighted by molar-refractivity contribution is -0.171. The van der Waals surface area contributed by atoms with E-state index in [1.165, 1.54) is 7.05 Å². The van der Waals surface area contributed by atoms with E-state index in [9.17, 15) is 10.0 Å². The minimum absolute atomic E-state index is 0.325. The van der Waals surface area contributed by atoms with Crippen molar-refractivity contribution in [3.05, 3.63) is 53.9 Å². The van der Waals surface area contributed by atoms with Crippen molar-refractivity contribution in [2.75, 3.05) is 20.8 Å². The van der Waals surface area contributed by atoms with Crippen LogP contribution >= 0.6 is 0 Å². The summed E-state index contributed by atoms with van der Waals surface area (Å²) in [5.41, 5.74) is 1.67. The molecule has 2 aromatic rings. The summed E-state index contributed by atoms with van der Waals surface area (Å²) in [6, 6.07) is 11.0. The summed E-state index contributed by atoms with van der Waals surface area (Å²) in [7, 11) is 2.89. The molecule has 0 aliphatic heterocycles. The maximum absolute atomic E-state index is 11.9. The van der Waals surface area contributed by atoms with E-state index in [0.29, 0.717) is 30.4 Å². The fourth-order valence-corrected chi connectivity index (χ4v) is 2.38. The fourth-order valence-electron chi connectivity index (χ4n) is 2.38. The van der Waals surface area contributed by atoms with Gasteiger partial charge in [-0.2, -0.15) is 0 Å². The maximum atomic E-state index is 11.9. The second-order valence-corrected chi connectivity index (χ2v) is 5.63. The van der Waals surface area contributed by atoms with Gasteiger partial charge in [-0.25, -0.2) is 5.06 Å². The zero-order chi connectivity index (χ0) is 18.9. The van der Waals surface area contributed by atoms with Crippen LogP contribution in [0.3, 0.4) is 0 Å². The van der Waals surface area contributed by atoms with Gasteiger partial charge >= 0.3 is 0 Å². The second-order valence-electron chi connectivity index (χ2n) is 5.63. The van der Waals surface area contributed by atoms with Gasteiger partial charge in [0.25, 0.3) is 5.91 Å². The average molecular weight is 360 g/mol. The van der Waals surface area contributed by atoms with E-state index in [2.05, 4.69) is 4.98 Å². The monoisotopic (exact) mass is 360 g/mol. The van der Waals surface area contributed by atoms with Gasteiger partial charge in [-0.15, -0.1) is 0 Å².